The number of ether oxygens (including phenoxy) is 1. The van der Waals surface area contributed by atoms with Crippen LogP contribution in [0.25, 0.3) is 0 Å². The van der Waals surface area contributed by atoms with E-state index in [9.17, 15) is 8.42 Å². The summed E-state index contributed by atoms with van der Waals surface area (Å²) in [5.41, 5.74) is 3.69. The Balaban J connectivity index is 1.78. The minimum Gasteiger partial charge on any atom is -0.494 e. The molecule has 0 aliphatic rings. The smallest absolute Gasteiger partial charge is 0.263 e. The lowest BCUT2D eigenvalue weighted by molar-refractivity contribution is 0.340. The van der Waals surface area contributed by atoms with Crippen LogP contribution in [0.2, 0.25) is 0 Å². The van der Waals surface area contributed by atoms with E-state index in [0.717, 1.165) is 17.7 Å². The van der Waals surface area contributed by atoms with Crippen LogP contribution >= 0.6 is 12.2 Å². The summed E-state index contributed by atoms with van der Waals surface area (Å²) in [6.07, 6.45) is 0.953. The van der Waals surface area contributed by atoms with Crippen molar-refractivity contribution in [1.82, 2.24) is 0 Å². The molecule has 6 nitrogen and oxygen atoms in total. The van der Waals surface area contributed by atoms with Gasteiger partial charge in [-0.25, -0.2) is 8.42 Å². The predicted molar refractivity (Wildman–Crippen MR) is 135 cm³/mol. The number of sulfonamides is 1. The van der Waals surface area contributed by atoms with Gasteiger partial charge in [-0.1, -0.05) is 25.1 Å². The second kappa shape index (κ2) is 10.5. The van der Waals surface area contributed by atoms with Crippen molar-refractivity contribution < 1.29 is 13.2 Å². The average Bonchev–Trinajstić information content (AvgIpc) is 2.77. The van der Waals surface area contributed by atoms with Gasteiger partial charge in [0.05, 0.1) is 12.3 Å². The number of thiocarbonyl (C=S) groups is 1. The van der Waals surface area contributed by atoms with Crippen molar-refractivity contribution in [1.29, 1.82) is 0 Å². The number of anilines is 3. The topological polar surface area (TPSA) is 79.5 Å². The molecule has 0 bridgehead atoms. The van der Waals surface area contributed by atoms with Gasteiger partial charge in [-0.05, 0) is 92.1 Å². The number of nitrogens with one attached hydrogen (secondary N) is 3. The maximum absolute atomic E-state index is 13.1. The molecule has 3 rings (SSSR count). The van der Waals surface area contributed by atoms with Crippen LogP contribution in [0.3, 0.4) is 0 Å². The minimum atomic E-state index is -3.86. The molecule has 0 amide bonds. The molecule has 0 aliphatic carbocycles. The summed E-state index contributed by atoms with van der Waals surface area (Å²) in [4.78, 5) is 0.108. The Bertz CT molecular complexity index is 1180. The molecule has 168 valence electrons. The molecule has 3 aromatic carbocycles. The van der Waals surface area contributed by atoms with Crippen molar-refractivity contribution >= 4 is 44.4 Å². The third-order valence-corrected chi connectivity index (χ3v) is 6.34. The zero-order valence-corrected chi connectivity index (χ0v) is 19.9. The molecule has 8 heteroatoms. The molecular formula is C24H27N3O3S2. The SMILES string of the molecule is CCOc1ccc(NS(=O)(=O)c2cc(C)ccc2NC(=S)Nc2ccc(CC)cc2)cc1. The van der Waals surface area contributed by atoms with Crippen molar-refractivity contribution in [3.8, 4) is 5.75 Å². The third kappa shape index (κ3) is 6.21. The molecule has 3 N–H and O–H groups in total. The van der Waals surface area contributed by atoms with Crippen LogP contribution in [0.5, 0.6) is 5.75 Å². The number of hydrogen-bond donors (Lipinski definition) is 3. The molecule has 0 saturated heterocycles. The van der Waals surface area contributed by atoms with Gasteiger partial charge >= 0.3 is 0 Å². The van der Waals surface area contributed by atoms with Crippen LogP contribution in [0.4, 0.5) is 17.1 Å². The average molecular weight is 470 g/mol. The summed E-state index contributed by atoms with van der Waals surface area (Å²) >= 11 is 5.41. The van der Waals surface area contributed by atoms with Crippen molar-refractivity contribution in [2.45, 2.75) is 32.1 Å². The van der Waals surface area contributed by atoms with E-state index in [1.54, 1.807) is 36.4 Å². The fourth-order valence-corrected chi connectivity index (χ4v) is 4.59. The largest absolute Gasteiger partial charge is 0.494 e. The van der Waals surface area contributed by atoms with Crippen molar-refractivity contribution in [2.75, 3.05) is 22.0 Å². The Morgan fingerprint density at radius 2 is 1.56 bits per heavy atom. The van der Waals surface area contributed by atoms with E-state index < -0.39 is 10.0 Å². The highest BCUT2D eigenvalue weighted by molar-refractivity contribution is 7.93. The van der Waals surface area contributed by atoms with E-state index in [4.69, 9.17) is 17.0 Å². The Morgan fingerprint density at radius 3 is 2.19 bits per heavy atom. The van der Waals surface area contributed by atoms with Gasteiger partial charge in [0.25, 0.3) is 10.0 Å². The van der Waals surface area contributed by atoms with Gasteiger partial charge in [0, 0.05) is 11.4 Å². The Labute approximate surface area is 195 Å². The molecule has 0 aromatic heterocycles. The van der Waals surface area contributed by atoms with E-state index >= 15 is 0 Å². The van der Waals surface area contributed by atoms with Gasteiger partial charge in [0.1, 0.15) is 10.6 Å². The Morgan fingerprint density at radius 1 is 0.906 bits per heavy atom. The lowest BCUT2D eigenvalue weighted by atomic mass is 10.1. The quantitative estimate of drug-likeness (QED) is 0.375. The summed E-state index contributed by atoms with van der Waals surface area (Å²) < 4.78 is 34.3. The van der Waals surface area contributed by atoms with E-state index in [1.807, 2.05) is 44.2 Å². The zero-order chi connectivity index (χ0) is 23.1. The van der Waals surface area contributed by atoms with Gasteiger partial charge in [-0.2, -0.15) is 0 Å². The third-order valence-electron chi connectivity index (χ3n) is 4.71. The summed E-state index contributed by atoms with van der Waals surface area (Å²) in [7, 11) is -3.86. The number of benzene rings is 3. The van der Waals surface area contributed by atoms with E-state index in [2.05, 4.69) is 22.3 Å². The molecule has 0 aliphatic heterocycles. The number of rotatable bonds is 8. The summed E-state index contributed by atoms with van der Waals surface area (Å²) in [6, 6.07) is 19.8. The molecule has 0 saturated carbocycles. The highest BCUT2D eigenvalue weighted by atomic mass is 32.2. The predicted octanol–water partition coefficient (Wildman–Crippen LogP) is 5.57. The van der Waals surface area contributed by atoms with Gasteiger partial charge in [0.2, 0.25) is 0 Å². The van der Waals surface area contributed by atoms with Crippen LogP contribution in [0, 0.1) is 6.92 Å². The summed E-state index contributed by atoms with van der Waals surface area (Å²) in [6.45, 7) is 6.36. The molecule has 0 spiro atoms. The van der Waals surface area contributed by atoms with Crippen LogP contribution in [0.1, 0.15) is 25.0 Å². The normalized spacial score (nSPS) is 11.0. The van der Waals surface area contributed by atoms with E-state index in [-0.39, 0.29) is 4.90 Å². The highest BCUT2D eigenvalue weighted by Gasteiger charge is 2.20. The molecular weight excluding hydrogens is 442 g/mol. The highest BCUT2D eigenvalue weighted by Crippen LogP contribution is 2.26. The van der Waals surface area contributed by atoms with Gasteiger partial charge < -0.3 is 15.4 Å². The van der Waals surface area contributed by atoms with Crippen LogP contribution in [-0.4, -0.2) is 20.1 Å². The maximum atomic E-state index is 13.1. The lowest BCUT2D eigenvalue weighted by Gasteiger charge is -2.16. The molecule has 0 unspecified atom stereocenters. The first-order valence-electron chi connectivity index (χ1n) is 10.3. The monoisotopic (exact) mass is 469 g/mol. The second-order valence-electron chi connectivity index (χ2n) is 7.19. The van der Waals surface area contributed by atoms with Gasteiger partial charge in [-0.3, -0.25) is 4.72 Å². The first-order valence-corrected chi connectivity index (χ1v) is 12.2. The molecule has 32 heavy (non-hydrogen) atoms. The Hall–Kier alpha value is -3.10. The maximum Gasteiger partial charge on any atom is 0.263 e. The Kier molecular flexibility index (Phi) is 7.71. The van der Waals surface area contributed by atoms with Crippen LogP contribution in [0.15, 0.2) is 71.6 Å². The second-order valence-corrected chi connectivity index (χ2v) is 9.25. The minimum absolute atomic E-state index is 0.108. The zero-order valence-electron chi connectivity index (χ0n) is 18.3. The van der Waals surface area contributed by atoms with E-state index in [0.29, 0.717) is 28.8 Å². The molecule has 3 aromatic rings. The van der Waals surface area contributed by atoms with Gasteiger partial charge in [-0.15, -0.1) is 0 Å². The van der Waals surface area contributed by atoms with Crippen LogP contribution < -0.4 is 20.1 Å². The molecule has 0 radical (unpaired) electrons. The lowest BCUT2D eigenvalue weighted by Crippen LogP contribution is -2.22. The van der Waals surface area contributed by atoms with Crippen molar-refractivity contribution in [3.63, 3.8) is 0 Å². The van der Waals surface area contributed by atoms with Gasteiger partial charge in [0.15, 0.2) is 5.11 Å². The van der Waals surface area contributed by atoms with Crippen molar-refractivity contribution in [3.05, 3.63) is 77.9 Å². The summed E-state index contributed by atoms with van der Waals surface area (Å²) in [5.74, 6) is 0.678. The number of hydrogen-bond acceptors (Lipinski definition) is 4. The fourth-order valence-electron chi connectivity index (χ4n) is 3.06. The molecule has 0 heterocycles. The first-order chi connectivity index (χ1) is 15.3. The number of aryl methyl sites for hydroxylation is 2. The molecule has 0 atom stereocenters. The summed E-state index contributed by atoms with van der Waals surface area (Å²) in [5, 5.41) is 6.41. The molecule has 0 fully saturated rings. The van der Waals surface area contributed by atoms with Crippen molar-refractivity contribution in [2.24, 2.45) is 0 Å². The fraction of sp³-hybridized carbons (Fsp3) is 0.208. The van der Waals surface area contributed by atoms with E-state index in [1.165, 1.54) is 5.56 Å². The standard InChI is InChI=1S/C24H27N3O3S2/c1-4-18-7-9-19(10-8-18)25-24(31)26-22-15-6-17(3)16-23(22)32(28,29)27-20-11-13-21(14-12-20)30-5-2/h6-16,27H,4-5H2,1-3H3,(H2,25,26,31). The first kappa shape index (κ1) is 23.6. The van der Waals surface area contributed by atoms with Crippen LogP contribution in [-0.2, 0) is 16.4 Å².